The number of anilines is 1. The van der Waals surface area contributed by atoms with Crippen molar-refractivity contribution < 1.29 is 9.53 Å². The summed E-state index contributed by atoms with van der Waals surface area (Å²) in [5.41, 5.74) is 13.4. The lowest BCUT2D eigenvalue weighted by Crippen LogP contribution is -2.34. The quantitative estimate of drug-likeness (QED) is 0.793. The minimum absolute atomic E-state index is 0.441. The number of carbonyl (C=O) groups is 1. The Labute approximate surface area is 119 Å². The average Bonchev–Trinajstić information content (AvgIpc) is 2.43. The third kappa shape index (κ3) is 3.71. The maximum atomic E-state index is 11.1. The molecule has 2 rings (SSSR count). The van der Waals surface area contributed by atoms with Crippen LogP contribution in [0.15, 0.2) is 18.2 Å². The summed E-state index contributed by atoms with van der Waals surface area (Å²) in [5, 5.41) is 0. The van der Waals surface area contributed by atoms with Gasteiger partial charge in [0.15, 0.2) is 0 Å². The molecule has 1 aliphatic rings. The molecular formula is C15H23N3O2. The number of ether oxygens (including phenoxy) is 1. The number of benzene rings is 1. The van der Waals surface area contributed by atoms with E-state index in [9.17, 15) is 4.79 Å². The summed E-state index contributed by atoms with van der Waals surface area (Å²) in [6, 6.07) is 5.30. The molecule has 0 spiro atoms. The van der Waals surface area contributed by atoms with Crippen LogP contribution in [0.1, 0.15) is 28.8 Å². The van der Waals surface area contributed by atoms with Crippen molar-refractivity contribution >= 4 is 11.6 Å². The summed E-state index contributed by atoms with van der Waals surface area (Å²) in [6.07, 6.45) is 2.32. The summed E-state index contributed by atoms with van der Waals surface area (Å²) in [7, 11) is 1.76. The zero-order chi connectivity index (χ0) is 14.5. The zero-order valence-corrected chi connectivity index (χ0v) is 12.0. The van der Waals surface area contributed by atoms with Gasteiger partial charge in [-0.25, -0.2) is 0 Å². The highest BCUT2D eigenvalue weighted by Gasteiger charge is 2.19. The van der Waals surface area contributed by atoms with E-state index in [2.05, 4.69) is 4.90 Å². The van der Waals surface area contributed by atoms with Gasteiger partial charge in [-0.3, -0.25) is 9.69 Å². The van der Waals surface area contributed by atoms with Crippen LogP contribution in [0, 0.1) is 5.92 Å². The Morgan fingerprint density at radius 3 is 2.65 bits per heavy atom. The number of nitrogen functional groups attached to an aromatic ring is 1. The monoisotopic (exact) mass is 277 g/mol. The van der Waals surface area contributed by atoms with Gasteiger partial charge in [-0.2, -0.15) is 0 Å². The van der Waals surface area contributed by atoms with E-state index < -0.39 is 5.91 Å². The molecule has 1 aromatic carbocycles. The maximum absolute atomic E-state index is 11.1. The fourth-order valence-corrected chi connectivity index (χ4v) is 2.68. The van der Waals surface area contributed by atoms with Crippen LogP contribution in [-0.4, -0.2) is 37.6 Å². The molecule has 0 bridgehead atoms. The van der Waals surface area contributed by atoms with Gasteiger partial charge in [0.2, 0.25) is 5.91 Å². The van der Waals surface area contributed by atoms with Crippen LogP contribution in [0.5, 0.6) is 0 Å². The van der Waals surface area contributed by atoms with Crippen molar-refractivity contribution in [3.8, 4) is 0 Å². The van der Waals surface area contributed by atoms with E-state index in [-0.39, 0.29) is 0 Å². The molecule has 0 saturated carbocycles. The van der Waals surface area contributed by atoms with Gasteiger partial charge >= 0.3 is 0 Å². The molecule has 0 atom stereocenters. The molecule has 0 aromatic heterocycles. The van der Waals surface area contributed by atoms with Crippen LogP contribution in [0.3, 0.4) is 0 Å². The molecule has 1 aromatic rings. The van der Waals surface area contributed by atoms with Gasteiger partial charge in [0.25, 0.3) is 0 Å². The number of likely N-dealkylation sites (tertiary alicyclic amines) is 1. The first-order chi connectivity index (χ1) is 9.60. The largest absolute Gasteiger partial charge is 0.398 e. The minimum atomic E-state index is -0.441. The summed E-state index contributed by atoms with van der Waals surface area (Å²) in [5.74, 6) is 0.231. The van der Waals surface area contributed by atoms with E-state index in [1.54, 1.807) is 19.2 Å². The first kappa shape index (κ1) is 14.8. The number of hydrogen-bond donors (Lipinski definition) is 2. The van der Waals surface area contributed by atoms with Crippen molar-refractivity contribution in [2.45, 2.75) is 19.4 Å². The SMILES string of the molecule is COCC1CCN(Cc2ccc(C(N)=O)cc2N)CC1. The number of carbonyl (C=O) groups excluding carboxylic acids is 1. The number of nitrogens with two attached hydrogens (primary N) is 2. The Kier molecular flexibility index (Phi) is 4.98. The van der Waals surface area contributed by atoms with Crippen LogP contribution in [-0.2, 0) is 11.3 Å². The highest BCUT2D eigenvalue weighted by molar-refractivity contribution is 5.93. The molecule has 0 radical (unpaired) electrons. The van der Waals surface area contributed by atoms with Gasteiger partial charge in [0.05, 0.1) is 0 Å². The third-order valence-corrected chi connectivity index (χ3v) is 3.93. The molecule has 1 saturated heterocycles. The topological polar surface area (TPSA) is 81.6 Å². The normalized spacial score (nSPS) is 17.2. The average molecular weight is 277 g/mol. The summed E-state index contributed by atoms with van der Waals surface area (Å²) in [6.45, 7) is 3.80. The van der Waals surface area contributed by atoms with E-state index in [4.69, 9.17) is 16.2 Å². The van der Waals surface area contributed by atoms with Crippen molar-refractivity contribution in [3.05, 3.63) is 29.3 Å². The molecule has 1 aliphatic heterocycles. The molecule has 1 amide bonds. The fraction of sp³-hybridized carbons (Fsp3) is 0.533. The molecule has 4 N–H and O–H groups in total. The van der Waals surface area contributed by atoms with Crippen LogP contribution in [0.25, 0.3) is 0 Å². The lowest BCUT2D eigenvalue weighted by atomic mass is 9.97. The van der Waals surface area contributed by atoms with Crippen LogP contribution < -0.4 is 11.5 Å². The van der Waals surface area contributed by atoms with Crippen molar-refractivity contribution in [2.75, 3.05) is 32.5 Å². The van der Waals surface area contributed by atoms with Crippen molar-refractivity contribution in [1.82, 2.24) is 4.90 Å². The second-order valence-corrected chi connectivity index (χ2v) is 5.45. The number of methoxy groups -OCH3 is 1. The Morgan fingerprint density at radius 2 is 2.10 bits per heavy atom. The molecule has 5 nitrogen and oxygen atoms in total. The number of primary amides is 1. The highest BCUT2D eigenvalue weighted by Crippen LogP contribution is 2.22. The van der Waals surface area contributed by atoms with Crippen molar-refractivity contribution in [2.24, 2.45) is 11.7 Å². The van der Waals surface area contributed by atoms with Crippen LogP contribution >= 0.6 is 0 Å². The summed E-state index contributed by atoms with van der Waals surface area (Å²) in [4.78, 5) is 13.5. The predicted molar refractivity (Wildman–Crippen MR) is 79.2 cm³/mol. The number of piperidine rings is 1. The van der Waals surface area contributed by atoms with E-state index in [1.807, 2.05) is 6.07 Å². The van der Waals surface area contributed by atoms with E-state index in [1.165, 1.54) is 0 Å². The second kappa shape index (κ2) is 6.72. The van der Waals surface area contributed by atoms with Crippen molar-refractivity contribution in [3.63, 3.8) is 0 Å². The van der Waals surface area contributed by atoms with Gasteiger partial charge in [0, 0.05) is 31.5 Å². The smallest absolute Gasteiger partial charge is 0.248 e. The standard InChI is InChI=1S/C15H23N3O2/c1-20-10-11-4-6-18(7-5-11)9-13-3-2-12(15(17)19)8-14(13)16/h2-3,8,11H,4-7,9-10,16H2,1H3,(H2,17,19). The Morgan fingerprint density at radius 1 is 1.40 bits per heavy atom. The Hall–Kier alpha value is -1.59. The fourth-order valence-electron chi connectivity index (χ4n) is 2.68. The summed E-state index contributed by atoms with van der Waals surface area (Å²) < 4.78 is 5.21. The molecular weight excluding hydrogens is 254 g/mol. The zero-order valence-electron chi connectivity index (χ0n) is 12.0. The lowest BCUT2D eigenvalue weighted by molar-refractivity contribution is 0.0969. The van der Waals surface area contributed by atoms with Gasteiger partial charge in [-0.1, -0.05) is 6.07 Å². The molecule has 0 aliphatic carbocycles. The number of rotatable bonds is 5. The molecule has 110 valence electrons. The molecule has 0 unspecified atom stereocenters. The maximum Gasteiger partial charge on any atom is 0.248 e. The van der Waals surface area contributed by atoms with Crippen LogP contribution in [0.2, 0.25) is 0 Å². The Balaban J connectivity index is 1.93. The molecule has 1 fully saturated rings. The van der Waals surface area contributed by atoms with Gasteiger partial charge in [-0.05, 0) is 49.5 Å². The van der Waals surface area contributed by atoms with E-state index in [0.717, 1.165) is 44.6 Å². The second-order valence-electron chi connectivity index (χ2n) is 5.45. The van der Waals surface area contributed by atoms with E-state index in [0.29, 0.717) is 17.2 Å². The third-order valence-electron chi connectivity index (χ3n) is 3.93. The molecule has 20 heavy (non-hydrogen) atoms. The van der Waals surface area contributed by atoms with Crippen molar-refractivity contribution in [1.29, 1.82) is 0 Å². The first-order valence-corrected chi connectivity index (χ1v) is 6.99. The van der Waals surface area contributed by atoms with Gasteiger partial charge in [0.1, 0.15) is 0 Å². The molecule has 1 heterocycles. The number of amides is 1. The van der Waals surface area contributed by atoms with Gasteiger partial charge in [-0.15, -0.1) is 0 Å². The number of nitrogens with zero attached hydrogens (tertiary/aromatic N) is 1. The summed E-state index contributed by atoms with van der Waals surface area (Å²) >= 11 is 0. The van der Waals surface area contributed by atoms with Gasteiger partial charge < -0.3 is 16.2 Å². The lowest BCUT2D eigenvalue weighted by Gasteiger charge is -2.31. The van der Waals surface area contributed by atoms with E-state index >= 15 is 0 Å². The first-order valence-electron chi connectivity index (χ1n) is 6.99. The van der Waals surface area contributed by atoms with Crippen LogP contribution in [0.4, 0.5) is 5.69 Å². The minimum Gasteiger partial charge on any atom is -0.398 e. The Bertz CT molecular complexity index is 468. The molecule has 5 heteroatoms. The number of hydrogen-bond acceptors (Lipinski definition) is 4. The highest BCUT2D eigenvalue weighted by atomic mass is 16.5. The predicted octanol–water partition coefficient (Wildman–Crippen LogP) is 1.23.